The predicted molar refractivity (Wildman–Crippen MR) is 80.9 cm³/mol. The van der Waals surface area contributed by atoms with Crippen molar-refractivity contribution in [3.63, 3.8) is 0 Å². The Kier molecular flexibility index (Phi) is 4.39. The van der Waals surface area contributed by atoms with Crippen LogP contribution in [0.25, 0.3) is 0 Å². The molecule has 1 rings (SSSR count). The number of carbonyl (C=O) groups excluding carboxylic acids is 2. The van der Waals surface area contributed by atoms with Gasteiger partial charge in [0, 0.05) is 11.0 Å². The quantitative estimate of drug-likeness (QED) is 0.795. The van der Waals surface area contributed by atoms with Gasteiger partial charge in [-0.3, -0.25) is 4.79 Å². The third kappa shape index (κ3) is 3.01. The zero-order valence-corrected chi connectivity index (χ0v) is 14.5. The van der Waals surface area contributed by atoms with Crippen LogP contribution in [0.5, 0.6) is 0 Å². The van der Waals surface area contributed by atoms with E-state index in [2.05, 4.69) is 5.32 Å². The molecule has 1 saturated carbocycles. The molecule has 1 aliphatic carbocycles. The highest BCUT2D eigenvalue weighted by Gasteiger charge is 2.63. The Morgan fingerprint density at radius 2 is 1.57 bits per heavy atom. The first-order valence-electron chi connectivity index (χ1n) is 7.39. The summed E-state index contributed by atoms with van der Waals surface area (Å²) in [6.07, 6.45) is 0.913. The van der Waals surface area contributed by atoms with Gasteiger partial charge in [0.25, 0.3) is 0 Å². The smallest absolute Gasteiger partial charge is 0.408 e. The van der Waals surface area contributed by atoms with Gasteiger partial charge in [-0.15, -0.1) is 0 Å². The molecule has 5 heteroatoms. The van der Waals surface area contributed by atoms with Crippen LogP contribution in [0.15, 0.2) is 0 Å². The molecule has 1 aliphatic rings. The van der Waals surface area contributed by atoms with Crippen LogP contribution in [-0.2, 0) is 14.3 Å². The molecule has 0 aromatic rings. The van der Waals surface area contributed by atoms with E-state index < -0.39 is 28.1 Å². The van der Waals surface area contributed by atoms with E-state index in [1.807, 2.05) is 48.5 Å². The maximum Gasteiger partial charge on any atom is 0.408 e. The highest BCUT2D eigenvalue weighted by atomic mass is 16.6. The number of methoxy groups -OCH3 is 1. The maximum absolute atomic E-state index is 12.2. The van der Waals surface area contributed by atoms with Crippen molar-refractivity contribution in [2.45, 2.75) is 72.4 Å². The number of esters is 1. The van der Waals surface area contributed by atoms with E-state index in [1.54, 1.807) is 0 Å². The molecule has 0 spiro atoms. The highest BCUT2D eigenvalue weighted by Crippen LogP contribution is 2.58. The summed E-state index contributed by atoms with van der Waals surface area (Å²) in [4.78, 5) is 24.3. The monoisotopic (exact) mass is 299 g/mol. The summed E-state index contributed by atoms with van der Waals surface area (Å²) in [5.74, 6) is -0.234. The Morgan fingerprint density at radius 3 is 2.00 bits per heavy atom. The number of hydrogen-bond donors (Lipinski definition) is 1. The average molecular weight is 299 g/mol. The van der Waals surface area contributed by atoms with Gasteiger partial charge in [0.1, 0.15) is 5.60 Å². The Hall–Kier alpha value is -1.26. The van der Waals surface area contributed by atoms with Crippen molar-refractivity contribution >= 4 is 12.1 Å². The van der Waals surface area contributed by atoms with Crippen molar-refractivity contribution in [2.24, 2.45) is 10.8 Å². The van der Waals surface area contributed by atoms with Crippen molar-refractivity contribution in [1.82, 2.24) is 5.32 Å². The summed E-state index contributed by atoms with van der Waals surface area (Å²) in [6.45, 7) is 13.3. The van der Waals surface area contributed by atoms with Crippen molar-refractivity contribution < 1.29 is 19.1 Å². The number of hydrogen-bond acceptors (Lipinski definition) is 4. The van der Waals surface area contributed by atoms with Gasteiger partial charge < -0.3 is 14.8 Å². The van der Waals surface area contributed by atoms with E-state index in [0.29, 0.717) is 12.8 Å². The van der Waals surface area contributed by atoms with E-state index in [-0.39, 0.29) is 5.97 Å². The molecular formula is C16H29NO4. The third-order valence-corrected chi connectivity index (χ3v) is 5.30. The van der Waals surface area contributed by atoms with Crippen LogP contribution in [0.2, 0.25) is 0 Å². The third-order valence-electron chi connectivity index (χ3n) is 5.30. The molecule has 1 amide bonds. The van der Waals surface area contributed by atoms with Crippen molar-refractivity contribution in [3.8, 4) is 0 Å². The Balaban J connectivity index is 2.98. The molecule has 0 aromatic carbocycles. The molecular weight excluding hydrogens is 270 g/mol. The highest BCUT2D eigenvalue weighted by molar-refractivity contribution is 5.79. The van der Waals surface area contributed by atoms with E-state index >= 15 is 0 Å². The molecule has 1 fully saturated rings. The fourth-order valence-corrected chi connectivity index (χ4v) is 3.06. The van der Waals surface area contributed by atoms with E-state index in [0.717, 1.165) is 0 Å². The van der Waals surface area contributed by atoms with Crippen LogP contribution in [0.3, 0.4) is 0 Å². The Labute approximate surface area is 127 Å². The zero-order chi connectivity index (χ0) is 16.7. The lowest BCUT2D eigenvalue weighted by Crippen LogP contribution is -2.58. The summed E-state index contributed by atoms with van der Waals surface area (Å²) in [7, 11) is 1.40. The minimum atomic E-state index is -0.633. The van der Waals surface area contributed by atoms with E-state index in [1.165, 1.54) is 7.11 Å². The topological polar surface area (TPSA) is 64.6 Å². The largest absolute Gasteiger partial charge is 0.469 e. The van der Waals surface area contributed by atoms with Gasteiger partial charge in [-0.05, 0) is 47.5 Å². The molecule has 2 atom stereocenters. The number of nitrogens with one attached hydrogen (secondary N) is 1. The predicted octanol–water partition coefficient (Wildman–Crippen LogP) is 3.27. The number of ether oxygens (including phenoxy) is 2. The fraction of sp³-hybridized carbons (Fsp3) is 0.875. The molecule has 1 N–H and O–H groups in total. The first kappa shape index (κ1) is 17.8. The summed E-state index contributed by atoms with van der Waals surface area (Å²) >= 11 is 0. The van der Waals surface area contributed by atoms with Gasteiger partial charge in [-0.25, -0.2) is 4.79 Å². The Bertz CT molecular complexity index is 438. The summed E-state index contributed by atoms with van der Waals surface area (Å²) in [5.41, 5.74) is -2.16. The average Bonchev–Trinajstić information content (AvgIpc) is 2.47. The molecule has 0 radical (unpaired) electrons. The van der Waals surface area contributed by atoms with Crippen LogP contribution in [0, 0.1) is 10.8 Å². The summed E-state index contributed by atoms with van der Waals surface area (Å²) in [6, 6.07) is 0. The number of alkyl carbamates (subject to hydrolysis) is 1. The van der Waals surface area contributed by atoms with Gasteiger partial charge in [-0.2, -0.15) is 0 Å². The molecule has 0 saturated heterocycles. The molecule has 0 aromatic heterocycles. The first-order valence-corrected chi connectivity index (χ1v) is 7.39. The van der Waals surface area contributed by atoms with E-state index in [9.17, 15) is 9.59 Å². The number of rotatable bonds is 2. The molecule has 21 heavy (non-hydrogen) atoms. The molecule has 0 heterocycles. The van der Waals surface area contributed by atoms with Gasteiger partial charge in [0.15, 0.2) is 0 Å². The lowest BCUT2D eigenvalue weighted by Gasteiger charge is -2.45. The van der Waals surface area contributed by atoms with Crippen LogP contribution >= 0.6 is 0 Å². The number of amides is 1. The van der Waals surface area contributed by atoms with Crippen LogP contribution in [0.1, 0.15) is 61.3 Å². The van der Waals surface area contributed by atoms with Crippen molar-refractivity contribution in [3.05, 3.63) is 0 Å². The molecule has 122 valence electrons. The SMILES string of the molecule is COC(=O)[C@]1(C)CC[C@@](C)(NC(=O)OC(C)(C)C)C1(C)C. The second-order valence-electron chi connectivity index (χ2n) is 7.91. The molecule has 0 bridgehead atoms. The number of carbonyl (C=O) groups is 2. The maximum atomic E-state index is 12.2. The molecule has 0 unspecified atom stereocenters. The summed E-state index contributed by atoms with van der Waals surface area (Å²) in [5, 5.41) is 2.97. The van der Waals surface area contributed by atoms with Crippen molar-refractivity contribution in [2.75, 3.05) is 7.11 Å². The van der Waals surface area contributed by atoms with Crippen LogP contribution in [-0.4, -0.2) is 30.3 Å². The normalized spacial score (nSPS) is 31.6. The van der Waals surface area contributed by atoms with Gasteiger partial charge in [0.05, 0.1) is 12.5 Å². The van der Waals surface area contributed by atoms with Crippen LogP contribution in [0.4, 0.5) is 4.79 Å². The van der Waals surface area contributed by atoms with Gasteiger partial charge >= 0.3 is 12.1 Å². The van der Waals surface area contributed by atoms with Gasteiger partial charge in [-0.1, -0.05) is 13.8 Å². The minimum absolute atomic E-state index is 0.234. The summed E-state index contributed by atoms with van der Waals surface area (Å²) < 4.78 is 10.3. The Morgan fingerprint density at radius 1 is 1.05 bits per heavy atom. The van der Waals surface area contributed by atoms with Gasteiger partial charge in [0.2, 0.25) is 0 Å². The lowest BCUT2D eigenvalue weighted by atomic mass is 9.63. The zero-order valence-electron chi connectivity index (χ0n) is 14.5. The second kappa shape index (κ2) is 5.18. The van der Waals surface area contributed by atoms with Crippen LogP contribution < -0.4 is 5.32 Å². The minimum Gasteiger partial charge on any atom is -0.469 e. The fourth-order valence-electron chi connectivity index (χ4n) is 3.06. The lowest BCUT2D eigenvalue weighted by molar-refractivity contribution is -0.159. The van der Waals surface area contributed by atoms with E-state index in [4.69, 9.17) is 9.47 Å². The molecule has 5 nitrogen and oxygen atoms in total. The standard InChI is InChI=1S/C16H29NO4/c1-13(2,3)21-12(19)17-16(7)10-9-15(6,11(18)20-8)14(16,4)5/h9-10H2,1-8H3,(H,17,19)/t15-,16+/m0/s1. The van der Waals surface area contributed by atoms with Crippen molar-refractivity contribution in [1.29, 1.82) is 0 Å². The first-order chi connectivity index (χ1) is 9.29. The second-order valence-corrected chi connectivity index (χ2v) is 7.91. The molecule has 0 aliphatic heterocycles.